The van der Waals surface area contributed by atoms with Crippen LogP contribution in [0, 0.1) is 0 Å². The molecule has 3 aromatic carbocycles. The molecule has 0 saturated carbocycles. The number of carbonyl (C=O) groups is 2. The Labute approximate surface area is 172 Å². The number of ether oxygens (including phenoxy) is 2. The van der Waals surface area contributed by atoms with Crippen LogP contribution in [0.3, 0.4) is 0 Å². The fourth-order valence-corrected chi connectivity index (χ4v) is 2.91. The van der Waals surface area contributed by atoms with Crippen molar-refractivity contribution in [3.63, 3.8) is 0 Å². The summed E-state index contributed by atoms with van der Waals surface area (Å²) in [5.74, 6) is -0.979. The van der Waals surface area contributed by atoms with Crippen LogP contribution in [0.15, 0.2) is 66.7 Å². The third kappa shape index (κ3) is 5.06. The van der Waals surface area contributed by atoms with Crippen molar-refractivity contribution in [1.29, 1.82) is 0 Å². The fourth-order valence-electron chi connectivity index (χ4n) is 2.69. The molecule has 0 aliphatic rings. The summed E-state index contributed by atoms with van der Waals surface area (Å²) >= 11 is 6.06. The van der Waals surface area contributed by atoms with E-state index in [9.17, 15) is 9.59 Å². The normalized spacial score (nSPS) is 10.3. The maximum atomic E-state index is 12.2. The number of rotatable bonds is 7. The summed E-state index contributed by atoms with van der Waals surface area (Å²) in [6.45, 7) is -0.232. The molecule has 0 aromatic heterocycles. The summed E-state index contributed by atoms with van der Waals surface area (Å²) in [4.78, 5) is 23.4. The number of aromatic carboxylic acids is 1. The topological polar surface area (TPSA) is 84.9 Å². The third-order valence-corrected chi connectivity index (χ3v) is 4.44. The van der Waals surface area contributed by atoms with Crippen molar-refractivity contribution in [2.75, 3.05) is 19.0 Å². The lowest BCUT2D eigenvalue weighted by Crippen LogP contribution is -2.20. The maximum absolute atomic E-state index is 12.2. The highest BCUT2D eigenvalue weighted by Gasteiger charge is 2.16. The van der Waals surface area contributed by atoms with E-state index >= 15 is 0 Å². The Kier molecular flexibility index (Phi) is 6.36. The number of benzene rings is 3. The van der Waals surface area contributed by atoms with E-state index in [4.69, 9.17) is 26.2 Å². The number of carboxylic acids is 1. The summed E-state index contributed by atoms with van der Waals surface area (Å²) in [6, 6.07) is 19.9. The number of nitrogens with one attached hydrogen (secondary N) is 1. The van der Waals surface area contributed by atoms with Crippen LogP contribution < -0.4 is 14.8 Å². The van der Waals surface area contributed by atoms with Crippen molar-refractivity contribution in [3.8, 4) is 22.6 Å². The minimum absolute atomic E-state index is 0.0868. The predicted molar refractivity (Wildman–Crippen MR) is 111 cm³/mol. The SMILES string of the molecule is COc1cc(NC(=O)COc2ccc(-c3ccccc3)cc2)c(Cl)cc1C(=O)O. The van der Waals surface area contributed by atoms with Crippen molar-refractivity contribution in [2.45, 2.75) is 0 Å². The highest BCUT2D eigenvalue weighted by atomic mass is 35.5. The first kappa shape index (κ1) is 20.2. The van der Waals surface area contributed by atoms with E-state index in [0.717, 1.165) is 11.1 Å². The lowest BCUT2D eigenvalue weighted by molar-refractivity contribution is -0.118. The van der Waals surface area contributed by atoms with Crippen molar-refractivity contribution in [2.24, 2.45) is 0 Å². The van der Waals surface area contributed by atoms with Gasteiger partial charge in [0, 0.05) is 6.07 Å². The van der Waals surface area contributed by atoms with Crippen LogP contribution >= 0.6 is 11.6 Å². The van der Waals surface area contributed by atoms with E-state index in [1.165, 1.54) is 19.2 Å². The van der Waals surface area contributed by atoms with E-state index in [1.54, 1.807) is 12.1 Å². The number of methoxy groups -OCH3 is 1. The predicted octanol–water partition coefficient (Wildman–Crippen LogP) is 4.73. The maximum Gasteiger partial charge on any atom is 0.339 e. The summed E-state index contributed by atoms with van der Waals surface area (Å²) in [7, 11) is 1.34. The van der Waals surface area contributed by atoms with Crippen molar-refractivity contribution in [3.05, 3.63) is 77.3 Å². The number of carbonyl (C=O) groups excluding carboxylic acids is 1. The molecule has 0 aliphatic heterocycles. The number of amides is 1. The molecule has 0 heterocycles. The molecule has 6 nitrogen and oxygen atoms in total. The molecule has 2 N–H and O–H groups in total. The second-order valence-electron chi connectivity index (χ2n) is 6.06. The molecule has 0 bridgehead atoms. The zero-order valence-electron chi connectivity index (χ0n) is 15.5. The van der Waals surface area contributed by atoms with Crippen LogP contribution in [-0.4, -0.2) is 30.7 Å². The second-order valence-corrected chi connectivity index (χ2v) is 6.47. The van der Waals surface area contributed by atoms with Gasteiger partial charge in [-0.1, -0.05) is 54.1 Å². The zero-order valence-corrected chi connectivity index (χ0v) is 16.3. The second kappa shape index (κ2) is 9.12. The minimum atomic E-state index is -1.18. The minimum Gasteiger partial charge on any atom is -0.496 e. The molecule has 0 radical (unpaired) electrons. The van der Waals surface area contributed by atoms with Crippen molar-refractivity contribution < 1.29 is 24.2 Å². The summed E-state index contributed by atoms with van der Waals surface area (Å²) < 4.78 is 10.5. The molecule has 0 aliphatic carbocycles. The quantitative estimate of drug-likeness (QED) is 0.587. The number of halogens is 1. The Morgan fingerprint density at radius 1 is 1.00 bits per heavy atom. The summed E-state index contributed by atoms with van der Waals surface area (Å²) in [5, 5.41) is 11.8. The van der Waals surface area contributed by atoms with E-state index in [-0.39, 0.29) is 28.6 Å². The highest BCUT2D eigenvalue weighted by molar-refractivity contribution is 6.34. The molecular weight excluding hydrogens is 394 g/mol. The van der Waals surface area contributed by atoms with Crippen LogP contribution in [0.2, 0.25) is 5.02 Å². The molecule has 0 fully saturated rings. The number of hydrogen-bond donors (Lipinski definition) is 2. The van der Waals surface area contributed by atoms with Gasteiger partial charge in [0.1, 0.15) is 17.1 Å². The Balaban J connectivity index is 1.62. The van der Waals surface area contributed by atoms with E-state index < -0.39 is 11.9 Å². The summed E-state index contributed by atoms with van der Waals surface area (Å²) in [5.41, 5.74) is 2.27. The van der Waals surface area contributed by atoms with Gasteiger partial charge in [-0.2, -0.15) is 0 Å². The monoisotopic (exact) mass is 411 g/mol. The standard InChI is InChI=1S/C22H18ClNO5/c1-28-20-12-19(18(23)11-17(20)22(26)27)24-21(25)13-29-16-9-7-15(8-10-16)14-5-3-2-4-6-14/h2-12H,13H2,1H3,(H,24,25)(H,26,27). The number of carboxylic acid groups (broad SMARTS) is 1. The molecule has 0 saturated heterocycles. The Morgan fingerprint density at radius 2 is 1.66 bits per heavy atom. The first-order valence-corrected chi connectivity index (χ1v) is 9.04. The van der Waals surface area contributed by atoms with Crippen molar-refractivity contribution in [1.82, 2.24) is 0 Å². The van der Waals surface area contributed by atoms with Gasteiger partial charge in [0.2, 0.25) is 0 Å². The average molecular weight is 412 g/mol. The van der Waals surface area contributed by atoms with Crippen LogP contribution in [0.25, 0.3) is 11.1 Å². The molecule has 29 heavy (non-hydrogen) atoms. The van der Waals surface area contributed by atoms with Gasteiger partial charge in [-0.05, 0) is 29.3 Å². The largest absolute Gasteiger partial charge is 0.496 e. The van der Waals surface area contributed by atoms with Crippen LogP contribution in [0.4, 0.5) is 5.69 Å². The van der Waals surface area contributed by atoms with E-state index in [0.29, 0.717) is 5.75 Å². The lowest BCUT2D eigenvalue weighted by atomic mass is 10.1. The molecule has 0 spiro atoms. The van der Waals surface area contributed by atoms with Gasteiger partial charge >= 0.3 is 5.97 Å². The lowest BCUT2D eigenvalue weighted by Gasteiger charge is -2.12. The van der Waals surface area contributed by atoms with Gasteiger partial charge in [0.25, 0.3) is 5.91 Å². The molecule has 3 aromatic rings. The van der Waals surface area contributed by atoms with Crippen LogP contribution in [0.1, 0.15) is 10.4 Å². The molecule has 0 unspecified atom stereocenters. The molecule has 148 valence electrons. The van der Waals surface area contributed by atoms with Gasteiger partial charge in [0.05, 0.1) is 17.8 Å². The van der Waals surface area contributed by atoms with E-state index in [1.807, 2.05) is 42.5 Å². The van der Waals surface area contributed by atoms with Gasteiger partial charge < -0.3 is 19.9 Å². The van der Waals surface area contributed by atoms with Gasteiger partial charge in [-0.3, -0.25) is 4.79 Å². The van der Waals surface area contributed by atoms with Crippen molar-refractivity contribution >= 4 is 29.2 Å². The van der Waals surface area contributed by atoms with Crippen LogP contribution in [-0.2, 0) is 4.79 Å². The van der Waals surface area contributed by atoms with Gasteiger partial charge in [-0.25, -0.2) is 4.79 Å². The third-order valence-electron chi connectivity index (χ3n) is 4.13. The molecule has 1 amide bonds. The van der Waals surface area contributed by atoms with E-state index in [2.05, 4.69) is 5.32 Å². The zero-order chi connectivity index (χ0) is 20.8. The summed E-state index contributed by atoms with van der Waals surface area (Å²) in [6.07, 6.45) is 0. The molecule has 3 rings (SSSR count). The highest BCUT2D eigenvalue weighted by Crippen LogP contribution is 2.31. The Bertz CT molecular complexity index is 1020. The fraction of sp³-hybridized carbons (Fsp3) is 0.0909. The first-order valence-electron chi connectivity index (χ1n) is 8.67. The van der Waals surface area contributed by atoms with Gasteiger partial charge in [-0.15, -0.1) is 0 Å². The average Bonchev–Trinajstić information content (AvgIpc) is 2.74. The molecule has 7 heteroatoms. The Hall–Kier alpha value is -3.51. The molecular formula is C22H18ClNO5. The van der Waals surface area contributed by atoms with Crippen LogP contribution in [0.5, 0.6) is 11.5 Å². The van der Waals surface area contributed by atoms with Gasteiger partial charge in [0.15, 0.2) is 6.61 Å². The first-order chi connectivity index (χ1) is 14.0. The Morgan fingerprint density at radius 3 is 2.28 bits per heavy atom. The smallest absolute Gasteiger partial charge is 0.339 e. The number of anilines is 1. The molecule has 0 atom stereocenters. The number of hydrogen-bond acceptors (Lipinski definition) is 4.